The van der Waals surface area contributed by atoms with Crippen LogP contribution >= 0.6 is 0 Å². The monoisotopic (exact) mass is 393 g/mol. The van der Waals surface area contributed by atoms with Gasteiger partial charge in [-0.15, -0.1) is 0 Å². The molecule has 0 unspecified atom stereocenters. The molecule has 29 heavy (non-hydrogen) atoms. The predicted molar refractivity (Wildman–Crippen MR) is 109 cm³/mol. The average Bonchev–Trinajstić information content (AvgIpc) is 3.12. The smallest absolute Gasteiger partial charge is 0.271 e. The minimum absolute atomic E-state index is 0.0629. The maximum absolute atomic E-state index is 13.2. The number of hydrogen-bond donors (Lipinski definition) is 2. The molecule has 2 N–H and O–H groups in total. The molecule has 2 atom stereocenters. The molecule has 0 radical (unpaired) electrons. The summed E-state index contributed by atoms with van der Waals surface area (Å²) in [6.07, 6.45) is 6.64. The summed E-state index contributed by atoms with van der Waals surface area (Å²) >= 11 is 0. The van der Waals surface area contributed by atoms with Gasteiger partial charge in [0.05, 0.1) is 11.9 Å². The molecule has 0 spiro atoms. The molecule has 152 valence electrons. The standard InChI is InChI=1S/C22H27N5O2/c1-16-12-24-19(14-23-16)20(28)26-18-11-22(9-5-6-10-27(22)15-18)21(29)25-13-17-7-3-2-4-8-17/h2-4,7-8,12,14,18H,5-6,9-11,13,15H2,1H3,(H,25,29)(H,26,28)/t18-,22+/m0/s1. The van der Waals surface area contributed by atoms with E-state index in [4.69, 9.17) is 0 Å². The number of hydrogen-bond acceptors (Lipinski definition) is 5. The lowest BCUT2D eigenvalue weighted by Gasteiger charge is -2.40. The van der Waals surface area contributed by atoms with Crippen LogP contribution in [-0.2, 0) is 11.3 Å². The van der Waals surface area contributed by atoms with Crippen molar-refractivity contribution >= 4 is 11.8 Å². The normalized spacial score (nSPS) is 24.0. The number of aryl methyl sites for hydroxylation is 1. The lowest BCUT2D eigenvalue weighted by molar-refractivity contribution is -0.134. The molecule has 2 aliphatic rings. The molecule has 1 aromatic heterocycles. The molecule has 1 aromatic carbocycles. The van der Waals surface area contributed by atoms with Crippen molar-refractivity contribution in [2.75, 3.05) is 13.1 Å². The van der Waals surface area contributed by atoms with Crippen LogP contribution in [0.25, 0.3) is 0 Å². The van der Waals surface area contributed by atoms with Crippen molar-refractivity contribution in [2.24, 2.45) is 0 Å². The van der Waals surface area contributed by atoms with Crippen molar-refractivity contribution in [3.05, 3.63) is 59.7 Å². The number of amides is 2. The van der Waals surface area contributed by atoms with Gasteiger partial charge in [-0.1, -0.05) is 30.3 Å². The largest absolute Gasteiger partial charge is 0.350 e. The van der Waals surface area contributed by atoms with Gasteiger partial charge < -0.3 is 10.6 Å². The summed E-state index contributed by atoms with van der Waals surface area (Å²) in [6.45, 7) is 3.92. The average molecular weight is 393 g/mol. The fraction of sp³-hybridized carbons (Fsp3) is 0.455. The van der Waals surface area contributed by atoms with Crippen LogP contribution in [0, 0.1) is 6.92 Å². The topological polar surface area (TPSA) is 87.2 Å². The molecule has 7 nitrogen and oxygen atoms in total. The van der Waals surface area contributed by atoms with Crippen LogP contribution in [0.4, 0.5) is 0 Å². The third-order valence-corrected chi connectivity index (χ3v) is 5.97. The lowest BCUT2D eigenvalue weighted by atomic mass is 9.84. The molecule has 2 aromatic rings. The molecule has 0 bridgehead atoms. The minimum Gasteiger partial charge on any atom is -0.350 e. The van der Waals surface area contributed by atoms with Crippen molar-refractivity contribution < 1.29 is 9.59 Å². The zero-order valence-corrected chi connectivity index (χ0v) is 16.7. The Labute approximate surface area is 170 Å². The van der Waals surface area contributed by atoms with Crippen LogP contribution in [0.5, 0.6) is 0 Å². The Morgan fingerprint density at radius 1 is 1.17 bits per heavy atom. The number of aromatic nitrogens is 2. The highest BCUT2D eigenvalue weighted by molar-refractivity contribution is 5.92. The summed E-state index contributed by atoms with van der Waals surface area (Å²) < 4.78 is 0. The Kier molecular flexibility index (Phi) is 5.58. The van der Waals surface area contributed by atoms with Gasteiger partial charge >= 0.3 is 0 Å². The zero-order valence-electron chi connectivity index (χ0n) is 16.7. The zero-order chi connectivity index (χ0) is 20.3. The number of carbonyl (C=O) groups is 2. The maximum atomic E-state index is 13.2. The first-order chi connectivity index (χ1) is 14.1. The number of rotatable bonds is 5. The third kappa shape index (κ3) is 4.15. The van der Waals surface area contributed by atoms with E-state index in [9.17, 15) is 9.59 Å². The van der Waals surface area contributed by atoms with E-state index < -0.39 is 5.54 Å². The first-order valence-electron chi connectivity index (χ1n) is 10.2. The molecule has 2 fully saturated rings. The van der Waals surface area contributed by atoms with Gasteiger partial charge in [0, 0.05) is 25.3 Å². The van der Waals surface area contributed by atoms with E-state index in [1.807, 2.05) is 37.3 Å². The van der Waals surface area contributed by atoms with E-state index in [-0.39, 0.29) is 17.9 Å². The van der Waals surface area contributed by atoms with Gasteiger partial charge in [0.15, 0.2) is 0 Å². The molecular formula is C22H27N5O2. The Hall–Kier alpha value is -2.80. The highest BCUT2D eigenvalue weighted by atomic mass is 16.2. The van der Waals surface area contributed by atoms with Crippen LogP contribution in [0.2, 0.25) is 0 Å². The van der Waals surface area contributed by atoms with Gasteiger partial charge in [-0.25, -0.2) is 4.98 Å². The molecular weight excluding hydrogens is 366 g/mol. The van der Waals surface area contributed by atoms with Gasteiger partial charge in [-0.3, -0.25) is 19.5 Å². The van der Waals surface area contributed by atoms with Crippen molar-refractivity contribution in [1.82, 2.24) is 25.5 Å². The van der Waals surface area contributed by atoms with Crippen LogP contribution in [0.1, 0.15) is 47.4 Å². The number of benzene rings is 1. The van der Waals surface area contributed by atoms with Crippen molar-refractivity contribution in [3.63, 3.8) is 0 Å². The molecule has 2 amide bonds. The summed E-state index contributed by atoms with van der Waals surface area (Å²) in [5.41, 5.74) is 1.63. The SMILES string of the molecule is Cc1cnc(C(=O)N[C@@H]2CN3CCCC[C@]3(C(=O)NCc3ccccc3)C2)cn1. The van der Waals surface area contributed by atoms with Crippen molar-refractivity contribution in [2.45, 2.75) is 50.7 Å². The van der Waals surface area contributed by atoms with Gasteiger partial charge in [-0.2, -0.15) is 0 Å². The van der Waals surface area contributed by atoms with Gasteiger partial charge in [-0.05, 0) is 44.7 Å². The maximum Gasteiger partial charge on any atom is 0.271 e. The molecule has 3 heterocycles. The summed E-state index contributed by atoms with van der Waals surface area (Å²) in [4.78, 5) is 36.4. The lowest BCUT2D eigenvalue weighted by Crippen LogP contribution is -2.57. The molecule has 2 aliphatic heterocycles. The Bertz CT molecular complexity index is 871. The number of nitrogens with one attached hydrogen (secondary N) is 2. The van der Waals surface area contributed by atoms with Crippen LogP contribution < -0.4 is 10.6 Å². The second-order valence-corrected chi connectivity index (χ2v) is 8.02. The quantitative estimate of drug-likeness (QED) is 0.809. The van der Waals surface area contributed by atoms with Crippen LogP contribution in [0.15, 0.2) is 42.7 Å². The Balaban J connectivity index is 1.43. The van der Waals surface area contributed by atoms with E-state index in [2.05, 4.69) is 25.5 Å². The summed E-state index contributed by atoms with van der Waals surface area (Å²) in [5, 5.41) is 6.19. The van der Waals surface area contributed by atoms with E-state index in [0.29, 0.717) is 25.2 Å². The highest BCUT2D eigenvalue weighted by Gasteiger charge is 2.52. The molecule has 0 saturated carbocycles. The van der Waals surface area contributed by atoms with Crippen molar-refractivity contribution in [3.8, 4) is 0 Å². The Morgan fingerprint density at radius 3 is 2.76 bits per heavy atom. The van der Waals surface area contributed by atoms with E-state index >= 15 is 0 Å². The molecule has 0 aliphatic carbocycles. The molecule has 7 heteroatoms. The predicted octanol–water partition coefficient (Wildman–Crippen LogP) is 1.83. The molecule has 2 saturated heterocycles. The minimum atomic E-state index is -0.538. The fourth-order valence-corrected chi connectivity index (χ4v) is 4.49. The number of nitrogens with zero attached hydrogens (tertiary/aromatic N) is 3. The number of fused-ring (bicyclic) bond motifs is 1. The van der Waals surface area contributed by atoms with E-state index in [1.165, 1.54) is 6.20 Å². The van der Waals surface area contributed by atoms with Gasteiger partial charge in [0.1, 0.15) is 11.2 Å². The first kappa shape index (κ1) is 19.5. The number of carbonyl (C=O) groups excluding carboxylic acids is 2. The van der Waals surface area contributed by atoms with Crippen LogP contribution in [-0.4, -0.2) is 51.4 Å². The highest BCUT2D eigenvalue weighted by Crippen LogP contribution is 2.38. The second kappa shape index (κ2) is 8.29. The summed E-state index contributed by atoms with van der Waals surface area (Å²) in [7, 11) is 0. The fourth-order valence-electron chi connectivity index (χ4n) is 4.49. The Morgan fingerprint density at radius 2 is 2.00 bits per heavy atom. The number of piperidine rings is 1. The van der Waals surface area contributed by atoms with Gasteiger partial charge in [0.2, 0.25) is 5.91 Å². The summed E-state index contributed by atoms with van der Waals surface area (Å²) in [5.74, 6) is -0.171. The van der Waals surface area contributed by atoms with Crippen LogP contribution in [0.3, 0.4) is 0 Å². The third-order valence-electron chi connectivity index (χ3n) is 5.97. The van der Waals surface area contributed by atoms with E-state index in [1.54, 1.807) is 6.20 Å². The van der Waals surface area contributed by atoms with E-state index in [0.717, 1.165) is 37.1 Å². The summed E-state index contributed by atoms with van der Waals surface area (Å²) in [6, 6.07) is 9.86. The van der Waals surface area contributed by atoms with Crippen molar-refractivity contribution in [1.29, 1.82) is 0 Å². The van der Waals surface area contributed by atoms with Gasteiger partial charge in [0.25, 0.3) is 5.91 Å². The first-order valence-corrected chi connectivity index (χ1v) is 10.2. The second-order valence-electron chi connectivity index (χ2n) is 8.02. The molecule has 4 rings (SSSR count).